The molecule has 0 aromatic heterocycles. The summed E-state index contributed by atoms with van der Waals surface area (Å²) in [5, 5.41) is 8.39. The molecule has 0 unspecified atom stereocenters. The van der Waals surface area contributed by atoms with E-state index < -0.39 is 0 Å². The van der Waals surface area contributed by atoms with Gasteiger partial charge < -0.3 is 10.6 Å². The lowest BCUT2D eigenvalue weighted by Gasteiger charge is -2.57. The zero-order chi connectivity index (χ0) is 17.3. The van der Waals surface area contributed by atoms with Crippen LogP contribution in [0.2, 0.25) is 0 Å². The SMILES string of the molecule is S=C(NCCC12CC3CC(CC(C3)C1)C2)NC1C2CC3CC(C2)CC1C3. The minimum absolute atomic E-state index is 0.681. The highest BCUT2D eigenvalue weighted by molar-refractivity contribution is 7.80. The maximum atomic E-state index is 5.74. The van der Waals surface area contributed by atoms with E-state index in [4.69, 9.17) is 12.2 Å². The second-order valence-electron chi connectivity index (χ2n) is 11.5. The Morgan fingerprint density at radius 3 is 1.77 bits per heavy atom. The largest absolute Gasteiger partial charge is 0.363 e. The first-order chi connectivity index (χ1) is 12.6. The first kappa shape index (κ1) is 16.6. The lowest BCUT2D eigenvalue weighted by molar-refractivity contribution is -0.0562. The van der Waals surface area contributed by atoms with Crippen molar-refractivity contribution < 1.29 is 0 Å². The van der Waals surface area contributed by atoms with Crippen LogP contribution in [0.5, 0.6) is 0 Å². The van der Waals surface area contributed by atoms with E-state index in [1.54, 1.807) is 19.3 Å². The van der Waals surface area contributed by atoms with E-state index in [2.05, 4.69) is 10.6 Å². The molecule has 0 amide bonds. The maximum Gasteiger partial charge on any atom is 0.166 e. The number of thiocarbonyl (C=S) groups is 1. The maximum absolute atomic E-state index is 5.74. The van der Waals surface area contributed by atoms with Crippen LogP contribution in [-0.4, -0.2) is 17.7 Å². The molecule has 8 aliphatic carbocycles. The van der Waals surface area contributed by atoms with Crippen molar-refractivity contribution in [2.75, 3.05) is 6.54 Å². The molecule has 8 rings (SSSR count). The van der Waals surface area contributed by atoms with Gasteiger partial charge in [-0.15, -0.1) is 0 Å². The van der Waals surface area contributed by atoms with E-state index in [-0.39, 0.29) is 0 Å². The Morgan fingerprint density at radius 1 is 0.731 bits per heavy atom. The van der Waals surface area contributed by atoms with Crippen molar-refractivity contribution >= 4 is 17.3 Å². The Balaban J connectivity index is 1.02. The minimum Gasteiger partial charge on any atom is -0.363 e. The van der Waals surface area contributed by atoms with E-state index in [0.717, 1.165) is 53.1 Å². The van der Waals surface area contributed by atoms with Gasteiger partial charge in [0.25, 0.3) is 0 Å². The molecular formula is C23H36N2S. The minimum atomic E-state index is 0.681. The molecule has 0 heterocycles. The molecule has 144 valence electrons. The van der Waals surface area contributed by atoms with Gasteiger partial charge in [-0.3, -0.25) is 0 Å². The highest BCUT2D eigenvalue weighted by Crippen LogP contribution is 2.61. The second kappa shape index (κ2) is 6.09. The van der Waals surface area contributed by atoms with E-state index in [1.165, 1.54) is 57.8 Å². The molecule has 0 aromatic carbocycles. The summed E-state index contributed by atoms with van der Waals surface area (Å²) in [6, 6.07) is 0.683. The van der Waals surface area contributed by atoms with Gasteiger partial charge in [-0.25, -0.2) is 0 Å². The molecule has 0 aromatic rings. The van der Waals surface area contributed by atoms with Crippen LogP contribution in [0.3, 0.4) is 0 Å². The zero-order valence-electron chi connectivity index (χ0n) is 16.2. The summed E-state index contributed by atoms with van der Waals surface area (Å²) < 4.78 is 0. The number of hydrogen-bond acceptors (Lipinski definition) is 1. The van der Waals surface area contributed by atoms with Crippen LogP contribution in [0.15, 0.2) is 0 Å². The molecule has 0 saturated heterocycles. The van der Waals surface area contributed by atoms with Gasteiger partial charge in [0, 0.05) is 12.6 Å². The van der Waals surface area contributed by atoms with E-state index in [0.29, 0.717) is 11.5 Å². The van der Waals surface area contributed by atoms with Crippen molar-refractivity contribution in [3.8, 4) is 0 Å². The van der Waals surface area contributed by atoms with E-state index >= 15 is 0 Å². The molecule has 8 fully saturated rings. The first-order valence-electron chi connectivity index (χ1n) is 11.7. The van der Waals surface area contributed by atoms with Crippen LogP contribution < -0.4 is 10.6 Å². The standard InChI is InChI=1S/C23H36N2S/c26-22(25-21-19-7-14-3-15(9-19)10-20(21)8-14)24-2-1-23-11-16-4-17(12-23)6-18(5-16)13-23/h14-21H,1-13H2,(H2,24,25,26). The van der Waals surface area contributed by atoms with Gasteiger partial charge in [-0.1, -0.05) is 0 Å². The van der Waals surface area contributed by atoms with Gasteiger partial charge in [0.2, 0.25) is 0 Å². The molecule has 8 saturated carbocycles. The van der Waals surface area contributed by atoms with Gasteiger partial charge >= 0.3 is 0 Å². The molecule has 0 radical (unpaired) electrons. The highest BCUT2D eigenvalue weighted by atomic mass is 32.1. The molecule has 0 aliphatic heterocycles. The Hall–Kier alpha value is -0.310. The zero-order valence-corrected chi connectivity index (χ0v) is 17.0. The number of rotatable bonds is 4. The van der Waals surface area contributed by atoms with Crippen molar-refractivity contribution in [3.05, 3.63) is 0 Å². The van der Waals surface area contributed by atoms with E-state index in [9.17, 15) is 0 Å². The third-order valence-electron chi connectivity index (χ3n) is 9.63. The Morgan fingerprint density at radius 2 is 1.23 bits per heavy atom. The molecule has 2 N–H and O–H groups in total. The summed E-state index contributed by atoms with van der Waals surface area (Å²) in [7, 11) is 0. The summed E-state index contributed by atoms with van der Waals surface area (Å²) in [5.74, 6) is 7.13. The summed E-state index contributed by atoms with van der Waals surface area (Å²) in [6.45, 7) is 1.10. The third-order valence-corrected chi connectivity index (χ3v) is 9.89. The lowest BCUT2D eigenvalue weighted by atomic mass is 9.49. The molecule has 3 heteroatoms. The monoisotopic (exact) mass is 372 g/mol. The highest BCUT2D eigenvalue weighted by Gasteiger charge is 2.51. The summed E-state index contributed by atoms with van der Waals surface area (Å²) in [4.78, 5) is 0. The van der Waals surface area contributed by atoms with E-state index in [1.807, 2.05) is 0 Å². The average Bonchev–Trinajstić information content (AvgIpc) is 2.56. The topological polar surface area (TPSA) is 24.1 Å². The molecular weight excluding hydrogens is 336 g/mol. The number of hydrogen-bond donors (Lipinski definition) is 2. The van der Waals surface area contributed by atoms with Crippen LogP contribution in [0, 0.1) is 46.8 Å². The Labute approximate surface area is 164 Å². The van der Waals surface area contributed by atoms with Crippen LogP contribution in [-0.2, 0) is 0 Å². The Kier molecular flexibility index (Phi) is 3.90. The molecule has 26 heavy (non-hydrogen) atoms. The van der Waals surface area contributed by atoms with Crippen molar-refractivity contribution in [1.29, 1.82) is 0 Å². The fourth-order valence-corrected chi connectivity index (χ4v) is 9.64. The van der Waals surface area contributed by atoms with Crippen LogP contribution in [0.1, 0.15) is 77.0 Å². The van der Waals surface area contributed by atoms with Crippen LogP contribution in [0.25, 0.3) is 0 Å². The molecule has 8 bridgehead atoms. The third kappa shape index (κ3) is 2.83. The normalized spacial score (nSPS) is 53.1. The smallest absolute Gasteiger partial charge is 0.166 e. The van der Waals surface area contributed by atoms with Gasteiger partial charge in [0.15, 0.2) is 5.11 Å². The quantitative estimate of drug-likeness (QED) is 0.688. The van der Waals surface area contributed by atoms with Crippen LogP contribution in [0.4, 0.5) is 0 Å². The molecule has 0 atom stereocenters. The fourth-order valence-electron chi connectivity index (χ4n) is 9.40. The van der Waals surface area contributed by atoms with Gasteiger partial charge in [0.1, 0.15) is 0 Å². The van der Waals surface area contributed by atoms with Crippen molar-refractivity contribution in [1.82, 2.24) is 10.6 Å². The number of nitrogens with one attached hydrogen (secondary N) is 2. The predicted molar refractivity (Wildman–Crippen MR) is 110 cm³/mol. The second-order valence-corrected chi connectivity index (χ2v) is 11.9. The van der Waals surface area contributed by atoms with Crippen molar-refractivity contribution in [3.63, 3.8) is 0 Å². The molecule has 8 aliphatic rings. The van der Waals surface area contributed by atoms with Crippen molar-refractivity contribution in [2.45, 2.75) is 83.1 Å². The van der Waals surface area contributed by atoms with Crippen molar-refractivity contribution in [2.24, 2.45) is 46.8 Å². The predicted octanol–water partition coefficient (Wildman–Crippen LogP) is 4.88. The van der Waals surface area contributed by atoms with Gasteiger partial charge in [-0.2, -0.15) is 0 Å². The first-order valence-corrected chi connectivity index (χ1v) is 12.1. The van der Waals surface area contributed by atoms with Gasteiger partial charge in [-0.05, 0) is 136 Å². The Bertz CT molecular complexity index is 521. The molecule has 0 spiro atoms. The summed E-state index contributed by atoms with van der Waals surface area (Å²) in [5.41, 5.74) is 0.681. The summed E-state index contributed by atoms with van der Waals surface area (Å²) in [6.07, 6.45) is 18.0. The molecule has 2 nitrogen and oxygen atoms in total. The lowest BCUT2D eigenvalue weighted by Crippen LogP contribution is -2.57. The average molecular weight is 373 g/mol. The summed E-state index contributed by atoms with van der Waals surface area (Å²) >= 11 is 5.74. The van der Waals surface area contributed by atoms with Gasteiger partial charge in [0.05, 0.1) is 0 Å². The van der Waals surface area contributed by atoms with Crippen LogP contribution >= 0.6 is 12.2 Å². The fraction of sp³-hybridized carbons (Fsp3) is 0.957.